The number of nitrogens with one attached hydrogen (secondary N) is 2. The van der Waals surface area contributed by atoms with E-state index >= 15 is 0 Å². The number of nitrogens with two attached hydrogens (primary N) is 2. The van der Waals surface area contributed by atoms with E-state index in [1.165, 1.54) is 32.1 Å². The lowest BCUT2D eigenvalue weighted by molar-refractivity contribution is -0.142. The number of piperidine rings is 1. The first-order chi connectivity index (χ1) is 14.9. The Morgan fingerprint density at radius 1 is 1.12 bits per heavy atom. The molecule has 1 aliphatic heterocycles. The van der Waals surface area contributed by atoms with Crippen LogP contribution in [0.5, 0.6) is 0 Å². The van der Waals surface area contributed by atoms with Crippen LogP contribution in [0.1, 0.15) is 56.9 Å². The van der Waals surface area contributed by atoms with Crippen LogP contribution >= 0.6 is 37.0 Å². The minimum Gasteiger partial charge on any atom is -0.376 e. The van der Waals surface area contributed by atoms with Gasteiger partial charge in [0.05, 0.1) is 6.04 Å². The first kappa shape index (κ1) is 27.6. The Balaban J connectivity index is 0.00000193. The maximum absolute atomic E-state index is 13.2. The summed E-state index contributed by atoms with van der Waals surface area (Å²) in [7, 11) is 0. The highest BCUT2D eigenvalue weighted by atomic mass is 35.5. The molecule has 2 amide bonds. The van der Waals surface area contributed by atoms with Crippen LogP contribution in [-0.4, -0.2) is 40.0 Å². The molecule has 2 aliphatic carbocycles. The fraction of sp³-hybridized carbons (Fsp3) is 0.609. The highest BCUT2D eigenvalue weighted by Gasteiger charge is 2.68. The van der Waals surface area contributed by atoms with Crippen molar-refractivity contribution >= 4 is 59.6 Å². The molecule has 3 atom stereocenters. The van der Waals surface area contributed by atoms with E-state index in [4.69, 9.17) is 23.7 Å². The first-order valence-electron chi connectivity index (χ1n) is 11.4. The molecule has 7 nitrogen and oxygen atoms in total. The molecule has 1 saturated heterocycles. The van der Waals surface area contributed by atoms with Gasteiger partial charge in [-0.15, -0.1) is 24.8 Å². The minimum absolute atomic E-state index is 0. The van der Waals surface area contributed by atoms with Crippen molar-refractivity contribution in [3.05, 3.63) is 29.8 Å². The molecule has 10 heteroatoms. The van der Waals surface area contributed by atoms with Gasteiger partial charge in [-0.25, -0.2) is 0 Å². The van der Waals surface area contributed by atoms with Crippen LogP contribution in [0.25, 0.3) is 0 Å². The molecule has 184 valence electrons. The van der Waals surface area contributed by atoms with E-state index in [0.29, 0.717) is 19.0 Å². The molecule has 4 rings (SSSR count). The van der Waals surface area contributed by atoms with Gasteiger partial charge in [-0.1, -0.05) is 44.2 Å². The molecular weight excluding hydrogens is 481 g/mol. The second kappa shape index (κ2) is 11.7. The quantitative estimate of drug-likeness (QED) is 0.415. The van der Waals surface area contributed by atoms with E-state index in [2.05, 4.69) is 10.6 Å². The Morgan fingerprint density at radius 3 is 2.39 bits per heavy atom. The molecule has 1 aromatic carbocycles. The number of hydrogen-bond acceptors (Lipinski definition) is 4. The van der Waals surface area contributed by atoms with Gasteiger partial charge < -0.3 is 27.0 Å². The Morgan fingerprint density at radius 2 is 1.79 bits per heavy atom. The molecule has 6 N–H and O–H groups in total. The topological polar surface area (TPSA) is 113 Å². The Labute approximate surface area is 213 Å². The molecule has 1 aromatic rings. The van der Waals surface area contributed by atoms with Gasteiger partial charge >= 0.3 is 0 Å². The maximum Gasteiger partial charge on any atom is 0.246 e. The fourth-order valence-electron chi connectivity index (χ4n) is 5.45. The van der Waals surface area contributed by atoms with Gasteiger partial charge in [0.1, 0.15) is 5.54 Å². The molecule has 3 aliphatic rings. The molecule has 0 aromatic heterocycles. The second-order valence-corrected chi connectivity index (χ2v) is 9.76. The molecule has 0 bridgehead atoms. The van der Waals surface area contributed by atoms with Crippen molar-refractivity contribution in [1.29, 1.82) is 0 Å². The standard InChI is InChI=1S/C23H33N5O2S.2ClH/c24-19(12-15-4-2-1-3-5-15)20(29)28-11-10-17-13-23(17,28)21(30)26-14-16-6-8-18(9-7-16)27-22(25)31;;/h6-9,15,17,19H,1-5,10-14,24H2,(H,26,30)(H3,25,27,31);2*1H/t17-,19-,23+;;/m1../s1. The number of carbonyl (C=O) groups excluding carboxylic acids is 2. The summed E-state index contributed by atoms with van der Waals surface area (Å²) in [5.74, 6) is 0.698. The molecule has 0 spiro atoms. The molecule has 0 radical (unpaired) electrons. The highest BCUT2D eigenvalue weighted by molar-refractivity contribution is 7.80. The number of amides is 2. The van der Waals surface area contributed by atoms with Crippen LogP contribution in [0.15, 0.2) is 24.3 Å². The zero-order valence-electron chi connectivity index (χ0n) is 18.8. The number of thiocarbonyl (C=S) groups is 1. The van der Waals surface area contributed by atoms with Crippen molar-refractivity contribution in [3.63, 3.8) is 0 Å². The van der Waals surface area contributed by atoms with Gasteiger partial charge in [-0.3, -0.25) is 9.59 Å². The average Bonchev–Trinajstić information content (AvgIpc) is 3.38. The third-order valence-electron chi connectivity index (χ3n) is 7.22. The van der Waals surface area contributed by atoms with Crippen LogP contribution < -0.4 is 22.1 Å². The lowest BCUT2D eigenvalue weighted by Crippen LogP contribution is -2.54. The Bertz CT molecular complexity index is 850. The van der Waals surface area contributed by atoms with E-state index in [9.17, 15) is 9.59 Å². The fourth-order valence-corrected chi connectivity index (χ4v) is 5.56. The van der Waals surface area contributed by atoms with Gasteiger partial charge in [0.2, 0.25) is 11.8 Å². The summed E-state index contributed by atoms with van der Waals surface area (Å²) < 4.78 is 0. The number of benzene rings is 1. The SMILES string of the molecule is Cl.Cl.NC(=S)Nc1ccc(CNC(=O)[C@]23C[C@H]2CCN3C(=O)[C@H](N)CC2CCCCC2)cc1. The number of carbonyl (C=O) groups is 2. The summed E-state index contributed by atoms with van der Waals surface area (Å²) in [6, 6.07) is 7.07. The largest absolute Gasteiger partial charge is 0.376 e. The Kier molecular flexibility index (Phi) is 9.79. The first-order valence-corrected chi connectivity index (χ1v) is 11.8. The third kappa shape index (κ3) is 6.10. The van der Waals surface area contributed by atoms with Crippen molar-refractivity contribution in [2.45, 2.75) is 69.5 Å². The predicted octanol–water partition coefficient (Wildman–Crippen LogP) is 3.09. The van der Waals surface area contributed by atoms with Crippen LogP contribution in [0.3, 0.4) is 0 Å². The van der Waals surface area contributed by atoms with Crippen molar-refractivity contribution in [2.24, 2.45) is 23.3 Å². The van der Waals surface area contributed by atoms with Crippen LogP contribution in [0, 0.1) is 11.8 Å². The summed E-state index contributed by atoms with van der Waals surface area (Å²) >= 11 is 4.84. The van der Waals surface area contributed by atoms with Crippen molar-refractivity contribution < 1.29 is 9.59 Å². The number of halogens is 2. The number of anilines is 1. The van der Waals surface area contributed by atoms with E-state index in [-0.39, 0.29) is 47.7 Å². The molecule has 1 heterocycles. The van der Waals surface area contributed by atoms with E-state index in [1.54, 1.807) is 4.90 Å². The van der Waals surface area contributed by atoms with Crippen LogP contribution in [-0.2, 0) is 16.1 Å². The third-order valence-corrected chi connectivity index (χ3v) is 7.32. The van der Waals surface area contributed by atoms with E-state index < -0.39 is 11.6 Å². The summed E-state index contributed by atoms with van der Waals surface area (Å²) in [6.07, 6.45) is 8.47. The van der Waals surface area contributed by atoms with Gasteiger partial charge in [0, 0.05) is 18.8 Å². The molecule has 2 saturated carbocycles. The number of rotatable bonds is 7. The molecule has 3 fully saturated rings. The summed E-state index contributed by atoms with van der Waals surface area (Å²) in [5, 5.41) is 6.14. The highest BCUT2D eigenvalue weighted by Crippen LogP contribution is 2.56. The number of likely N-dealkylation sites (tertiary alicyclic amines) is 1. The van der Waals surface area contributed by atoms with Gasteiger partial charge in [-0.05, 0) is 61.0 Å². The maximum atomic E-state index is 13.2. The monoisotopic (exact) mass is 515 g/mol. The lowest BCUT2D eigenvalue weighted by atomic mass is 9.84. The minimum atomic E-state index is -0.686. The van der Waals surface area contributed by atoms with Crippen molar-refractivity contribution in [1.82, 2.24) is 10.2 Å². The van der Waals surface area contributed by atoms with Crippen LogP contribution in [0.4, 0.5) is 5.69 Å². The zero-order chi connectivity index (χ0) is 22.0. The lowest BCUT2D eigenvalue weighted by Gasteiger charge is -2.31. The van der Waals surface area contributed by atoms with Crippen molar-refractivity contribution in [3.8, 4) is 0 Å². The molecule has 33 heavy (non-hydrogen) atoms. The number of fused-ring (bicyclic) bond motifs is 1. The zero-order valence-corrected chi connectivity index (χ0v) is 21.2. The second-order valence-electron chi connectivity index (χ2n) is 9.32. The average molecular weight is 517 g/mol. The van der Waals surface area contributed by atoms with Gasteiger partial charge in [0.15, 0.2) is 5.11 Å². The summed E-state index contributed by atoms with van der Waals surface area (Å²) in [6.45, 7) is 1.05. The molecular formula is C23H35Cl2N5O2S. The van der Waals surface area contributed by atoms with Crippen LogP contribution in [0.2, 0.25) is 0 Å². The van der Waals surface area contributed by atoms with Gasteiger partial charge in [-0.2, -0.15) is 0 Å². The van der Waals surface area contributed by atoms with E-state index in [1.807, 2.05) is 24.3 Å². The predicted molar refractivity (Wildman–Crippen MR) is 140 cm³/mol. The summed E-state index contributed by atoms with van der Waals surface area (Å²) in [5.41, 5.74) is 12.9. The summed E-state index contributed by atoms with van der Waals surface area (Å²) in [4.78, 5) is 28.1. The normalized spacial score (nSPS) is 24.5. The molecule has 0 unspecified atom stereocenters. The Hall–Kier alpha value is -1.61. The number of hydrogen-bond donors (Lipinski definition) is 4. The number of nitrogens with zero attached hydrogens (tertiary/aromatic N) is 1. The van der Waals surface area contributed by atoms with Crippen molar-refractivity contribution in [2.75, 3.05) is 11.9 Å². The van der Waals surface area contributed by atoms with E-state index in [0.717, 1.165) is 30.5 Å². The smallest absolute Gasteiger partial charge is 0.246 e. The van der Waals surface area contributed by atoms with Gasteiger partial charge in [0.25, 0.3) is 0 Å².